The molecule has 0 aliphatic carbocycles. The summed E-state index contributed by atoms with van der Waals surface area (Å²) in [5.74, 6) is -1.06. The highest BCUT2D eigenvalue weighted by molar-refractivity contribution is 6.37. The van der Waals surface area contributed by atoms with Gasteiger partial charge >= 0.3 is 5.97 Å². The highest BCUT2D eigenvalue weighted by atomic mass is 35.5. The lowest BCUT2D eigenvalue weighted by Crippen LogP contribution is -2.20. The number of carbonyl (C=O) groups is 3. The average Bonchev–Trinajstić information content (AvgIpc) is 2.92. The molecule has 1 heterocycles. The van der Waals surface area contributed by atoms with E-state index in [4.69, 9.17) is 27.9 Å². The summed E-state index contributed by atoms with van der Waals surface area (Å²) in [6, 6.07) is 9.99. The molecule has 0 spiro atoms. The molecule has 2 aromatic carbocycles. The Balaban J connectivity index is 1.61. The zero-order chi connectivity index (χ0) is 19.6. The van der Waals surface area contributed by atoms with Crippen molar-refractivity contribution in [2.45, 2.75) is 6.42 Å². The van der Waals surface area contributed by atoms with Gasteiger partial charge in [0.2, 0.25) is 5.91 Å². The van der Waals surface area contributed by atoms with E-state index in [1.165, 1.54) is 6.08 Å². The van der Waals surface area contributed by atoms with Gasteiger partial charge in [-0.15, -0.1) is 0 Å². The van der Waals surface area contributed by atoms with Crippen LogP contribution in [0.2, 0.25) is 10.0 Å². The van der Waals surface area contributed by atoms with Crippen LogP contribution in [0.25, 0.3) is 6.08 Å². The van der Waals surface area contributed by atoms with Crippen molar-refractivity contribution in [3.05, 3.63) is 69.2 Å². The van der Waals surface area contributed by atoms with Crippen molar-refractivity contribution in [2.24, 2.45) is 0 Å². The highest BCUT2D eigenvalue weighted by Crippen LogP contribution is 2.28. The molecule has 1 aliphatic rings. The van der Waals surface area contributed by atoms with E-state index in [2.05, 4.69) is 0 Å². The van der Waals surface area contributed by atoms with E-state index in [1.54, 1.807) is 48.3 Å². The monoisotopic (exact) mass is 403 g/mol. The molecule has 0 saturated heterocycles. The highest BCUT2D eigenvalue weighted by Gasteiger charge is 2.24. The van der Waals surface area contributed by atoms with Crippen molar-refractivity contribution in [2.75, 3.05) is 18.6 Å². The SMILES string of the molecule is CN1C(=O)Cc2cc(C(=O)COC(=O)/C=C/c3c(Cl)cccc3Cl)ccc21. The summed E-state index contributed by atoms with van der Waals surface area (Å²) in [4.78, 5) is 37.4. The van der Waals surface area contributed by atoms with Gasteiger partial charge in [0.15, 0.2) is 12.4 Å². The number of fused-ring (bicyclic) bond motifs is 1. The van der Waals surface area contributed by atoms with Crippen molar-refractivity contribution >= 4 is 52.6 Å². The number of esters is 1. The molecule has 0 atom stereocenters. The van der Waals surface area contributed by atoms with E-state index in [9.17, 15) is 14.4 Å². The van der Waals surface area contributed by atoms with E-state index in [0.717, 1.165) is 17.3 Å². The molecule has 1 amide bonds. The Morgan fingerprint density at radius 1 is 1.19 bits per heavy atom. The van der Waals surface area contributed by atoms with Crippen LogP contribution in [-0.2, 0) is 20.7 Å². The van der Waals surface area contributed by atoms with Gasteiger partial charge in [-0.2, -0.15) is 0 Å². The molecule has 0 fully saturated rings. The third kappa shape index (κ3) is 4.21. The second-order valence-electron chi connectivity index (χ2n) is 5.97. The van der Waals surface area contributed by atoms with Gasteiger partial charge in [0, 0.05) is 40.0 Å². The van der Waals surface area contributed by atoms with E-state index in [1.807, 2.05) is 0 Å². The predicted molar refractivity (Wildman–Crippen MR) is 104 cm³/mol. The molecule has 1 aliphatic heterocycles. The van der Waals surface area contributed by atoms with Crippen molar-refractivity contribution < 1.29 is 19.1 Å². The van der Waals surface area contributed by atoms with E-state index >= 15 is 0 Å². The second-order valence-corrected chi connectivity index (χ2v) is 6.79. The first-order chi connectivity index (χ1) is 12.9. The number of amides is 1. The maximum absolute atomic E-state index is 12.3. The fraction of sp³-hybridized carbons (Fsp3) is 0.150. The summed E-state index contributed by atoms with van der Waals surface area (Å²) in [6.07, 6.45) is 2.86. The molecule has 0 radical (unpaired) electrons. The Morgan fingerprint density at radius 3 is 2.59 bits per heavy atom. The maximum Gasteiger partial charge on any atom is 0.331 e. The van der Waals surface area contributed by atoms with Crippen LogP contribution in [0.3, 0.4) is 0 Å². The van der Waals surface area contributed by atoms with Crippen molar-refractivity contribution in [1.82, 2.24) is 0 Å². The largest absolute Gasteiger partial charge is 0.454 e. The summed E-state index contributed by atoms with van der Waals surface area (Å²) in [5, 5.41) is 0.806. The Morgan fingerprint density at radius 2 is 1.89 bits per heavy atom. The van der Waals surface area contributed by atoms with Crippen LogP contribution in [0.15, 0.2) is 42.5 Å². The number of Topliss-reactive ketones (excluding diaryl/α,β-unsaturated/α-hetero) is 1. The lowest BCUT2D eigenvalue weighted by molar-refractivity contribution is -0.136. The van der Waals surface area contributed by atoms with Gasteiger partial charge < -0.3 is 9.64 Å². The number of likely N-dealkylation sites (N-methyl/N-ethyl adjacent to an activating group) is 1. The minimum Gasteiger partial charge on any atom is -0.454 e. The normalized spacial score (nSPS) is 13.1. The zero-order valence-electron chi connectivity index (χ0n) is 14.4. The lowest BCUT2D eigenvalue weighted by Gasteiger charge is -2.10. The number of benzene rings is 2. The minimum atomic E-state index is -0.685. The Kier molecular flexibility index (Phi) is 5.63. The van der Waals surface area contributed by atoms with Crippen LogP contribution in [0, 0.1) is 0 Å². The quantitative estimate of drug-likeness (QED) is 0.430. The van der Waals surface area contributed by atoms with Gasteiger partial charge in [-0.1, -0.05) is 29.3 Å². The fourth-order valence-corrected chi connectivity index (χ4v) is 3.26. The van der Waals surface area contributed by atoms with Crippen LogP contribution >= 0.6 is 23.2 Å². The molecule has 2 aromatic rings. The molecule has 0 unspecified atom stereocenters. The Hall–Kier alpha value is -2.63. The molecule has 0 aromatic heterocycles. The molecule has 138 valence electrons. The molecule has 5 nitrogen and oxygen atoms in total. The van der Waals surface area contributed by atoms with Crippen LogP contribution in [0.4, 0.5) is 5.69 Å². The number of rotatable bonds is 5. The summed E-state index contributed by atoms with van der Waals surface area (Å²) >= 11 is 12.0. The van der Waals surface area contributed by atoms with Crippen LogP contribution in [-0.4, -0.2) is 31.3 Å². The Bertz CT molecular complexity index is 948. The third-order valence-electron chi connectivity index (χ3n) is 4.21. The van der Waals surface area contributed by atoms with Gasteiger partial charge in [0.25, 0.3) is 0 Å². The number of halogens is 2. The molecular weight excluding hydrogens is 389 g/mol. The van der Waals surface area contributed by atoms with Gasteiger partial charge in [-0.05, 0) is 42.0 Å². The summed E-state index contributed by atoms with van der Waals surface area (Å²) < 4.78 is 4.98. The van der Waals surface area contributed by atoms with Gasteiger partial charge in [-0.25, -0.2) is 4.79 Å². The van der Waals surface area contributed by atoms with Crippen LogP contribution in [0.5, 0.6) is 0 Å². The number of carbonyl (C=O) groups excluding carboxylic acids is 3. The Labute approximate surface area is 166 Å². The van der Waals surface area contributed by atoms with Gasteiger partial charge in [0.05, 0.1) is 6.42 Å². The predicted octanol–water partition coefficient (Wildman–Crippen LogP) is 3.95. The fourth-order valence-electron chi connectivity index (χ4n) is 2.73. The number of hydrogen-bond acceptors (Lipinski definition) is 4. The van der Waals surface area contributed by atoms with Gasteiger partial charge in [-0.3, -0.25) is 9.59 Å². The second kappa shape index (κ2) is 7.94. The zero-order valence-corrected chi connectivity index (χ0v) is 15.9. The molecule has 3 rings (SSSR count). The number of ketones is 1. The minimum absolute atomic E-state index is 0.0237. The molecule has 27 heavy (non-hydrogen) atoms. The van der Waals surface area contributed by atoms with E-state index in [-0.39, 0.29) is 18.1 Å². The first-order valence-corrected chi connectivity index (χ1v) is 8.84. The third-order valence-corrected chi connectivity index (χ3v) is 4.87. The molecule has 7 heteroatoms. The van der Waals surface area contributed by atoms with Crippen LogP contribution in [0.1, 0.15) is 21.5 Å². The van der Waals surface area contributed by atoms with Crippen molar-refractivity contribution in [3.63, 3.8) is 0 Å². The number of anilines is 1. The van der Waals surface area contributed by atoms with Crippen molar-refractivity contribution in [3.8, 4) is 0 Å². The molecule has 0 bridgehead atoms. The lowest BCUT2D eigenvalue weighted by atomic mass is 10.1. The van der Waals surface area contributed by atoms with E-state index in [0.29, 0.717) is 21.2 Å². The van der Waals surface area contributed by atoms with Gasteiger partial charge in [0.1, 0.15) is 0 Å². The average molecular weight is 404 g/mol. The number of nitrogens with zero attached hydrogens (tertiary/aromatic N) is 1. The molecule has 0 N–H and O–H groups in total. The smallest absolute Gasteiger partial charge is 0.331 e. The number of ether oxygens (including phenoxy) is 1. The number of hydrogen-bond donors (Lipinski definition) is 0. The summed E-state index contributed by atoms with van der Waals surface area (Å²) in [7, 11) is 1.69. The van der Waals surface area contributed by atoms with E-state index < -0.39 is 12.6 Å². The first-order valence-electron chi connectivity index (χ1n) is 8.08. The molecule has 0 saturated carbocycles. The molecular formula is C20H15Cl2NO4. The topological polar surface area (TPSA) is 63.7 Å². The van der Waals surface area contributed by atoms with Crippen LogP contribution < -0.4 is 4.90 Å². The summed E-state index contributed by atoms with van der Waals surface area (Å²) in [5.41, 5.74) is 2.46. The standard InChI is InChI=1S/C20H15Cl2NO4/c1-23-17-7-5-12(9-13(17)10-19(23)25)18(24)11-27-20(26)8-6-14-15(21)3-2-4-16(14)22/h2-9H,10-11H2,1H3/b8-6+. The maximum atomic E-state index is 12.3. The van der Waals surface area contributed by atoms with Crippen molar-refractivity contribution in [1.29, 1.82) is 0 Å². The summed E-state index contributed by atoms with van der Waals surface area (Å²) in [6.45, 7) is -0.401. The first kappa shape index (κ1) is 19.1.